The van der Waals surface area contributed by atoms with Crippen LogP contribution < -0.4 is 15.0 Å². The number of carbonyl (C=O) groups excluding carboxylic acids is 2. The van der Waals surface area contributed by atoms with Gasteiger partial charge in [0.05, 0.1) is 11.7 Å². The Kier molecular flexibility index (Phi) is 6.08. The van der Waals surface area contributed by atoms with Gasteiger partial charge in [-0.3, -0.25) is 9.59 Å². The molecule has 0 radical (unpaired) electrons. The molecule has 0 bridgehead atoms. The quantitative estimate of drug-likeness (QED) is 0.815. The topological polar surface area (TPSA) is 61.9 Å². The molecule has 1 heterocycles. The average molecular weight is 367 g/mol. The molecule has 27 heavy (non-hydrogen) atoms. The normalized spacial score (nSPS) is 14.5. The van der Waals surface area contributed by atoms with Gasteiger partial charge in [0.15, 0.2) is 6.61 Å². The minimum absolute atomic E-state index is 0.00927. The van der Waals surface area contributed by atoms with E-state index in [0.717, 1.165) is 11.3 Å². The second kappa shape index (κ2) is 8.68. The van der Waals surface area contributed by atoms with E-state index in [1.807, 2.05) is 56.6 Å². The molecule has 1 aliphatic heterocycles. The molecule has 6 heteroatoms. The number of benzene rings is 2. The smallest absolute Gasteiger partial charge is 0.265 e. The fourth-order valence-corrected chi connectivity index (χ4v) is 3.19. The van der Waals surface area contributed by atoms with E-state index in [1.165, 1.54) is 0 Å². The van der Waals surface area contributed by atoms with E-state index in [4.69, 9.17) is 4.74 Å². The highest BCUT2D eigenvalue weighted by molar-refractivity contribution is 5.98. The first-order chi connectivity index (χ1) is 13.1. The van der Waals surface area contributed by atoms with Crippen LogP contribution in [0.15, 0.2) is 54.6 Å². The Morgan fingerprint density at radius 3 is 2.59 bits per heavy atom. The predicted molar refractivity (Wildman–Crippen MR) is 105 cm³/mol. The van der Waals surface area contributed by atoms with E-state index >= 15 is 0 Å². The standard InChI is InChI=1S/C21H25N3O3/c1-23(2)18(16-8-4-3-5-9-16)14-22-20(25)12-13-24-17-10-6-7-11-19(17)27-15-21(24)26/h3-11,18H,12-15H2,1-2H3,(H,22,25). The summed E-state index contributed by atoms with van der Waals surface area (Å²) in [5.74, 6) is 0.473. The maximum Gasteiger partial charge on any atom is 0.265 e. The largest absolute Gasteiger partial charge is 0.482 e. The molecule has 0 aromatic heterocycles. The number of carbonyl (C=O) groups is 2. The molecule has 1 atom stereocenters. The Labute approximate surface area is 159 Å². The van der Waals surface area contributed by atoms with Crippen LogP contribution in [0.5, 0.6) is 5.75 Å². The van der Waals surface area contributed by atoms with E-state index in [2.05, 4.69) is 22.3 Å². The predicted octanol–water partition coefficient (Wildman–Crippen LogP) is 2.22. The monoisotopic (exact) mass is 367 g/mol. The second-order valence-corrected chi connectivity index (χ2v) is 6.75. The minimum atomic E-state index is -0.128. The molecule has 2 aromatic carbocycles. The van der Waals surface area contributed by atoms with Gasteiger partial charge in [-0.2, -0.15) is 0 Å². The molecule has 6 nitrogen and oxygen atoms in total. The Balaban J connectivity index is 1.56. The summed E-state index contributed by atoms with van der Waals surface area (Å²) >= 11 is 0. The van der Waals surface area contributed by atoms with Crippen molar-refractivity contribution in [2.45, 2.75) is 12.5 Å². The zero-order valence-corrected chi connectivity index (χ0v) is 15.7. The summed E-state index contributed by atoms with van der Waals surface area (Å²) in [5, 5.41) is 2.99. The van der Waals surface area contributed by atoms with Crippen molar-refractivity contribution in [3.8, 4) is 5.75 Å². The van der Waals surface area contributed by atoms with Gasteiger partial charge < -0.3 is 19.9 Å². The molecule has 1 N–H and O–H groups in total. The van der Waals surface area contributed by atoms with Gasteiger partial charge in [0.1, 0.15) is 5.75 Å². The number of para-hydroxylation sites is 2. The van der Waals surface area contributed by atoms with Crippen molar-refractivity contribution < 1.29 is 14.3 Å². The SMILES string of the molecule is CN(C)C(CNC(=O)CCN1C(=O)COc2ccccc21)c1ccccc1. The van der Waals surface area contributed by atoms with Crippen molar-refractivity contribution in [1.29, 1.82) is 0 Å². The maximum absolute atomic E-state index is 12.4. The number of ether oxygens (including phenoxy) is 1. The maximum atomic E-state index is 12.4. The highest BCUT2D eigenvalue weighted by atomic mass is 16.5. The number of likely N-dealkylation sites (N-methyl/N-ethyl adjacent to an activating group) is 1. The van der Waals surface area contributed by atoms with Crippen LogP contribution in [-0.4, -0.2) is 50.5 Å². The van der Waals surface area contributed by atoms with Gasteiger partial charge in [0, 0.05) is 19.5 Å². The lowest BCUT2D eigenvalue weighted by atomic mass is 10.1. The Morgan fingerprint density at radius 2 is 1.85 bits per heavy atom. The summed E-state index contributed by atoms with van der Waals surface area (Å²) in [5.41, 5.74) is 1.87. The first-order valence-electron chi connectivity index (χ1n) is 9.06. The Bertz CT molecular complexity index is 792. The third kappa shape index (κ3) is 4.65. The number of fused-ring (bicyclic) bond motifs is 1. The lowest BCUT2D eigenvalue weighted by Crippen LogP contribution is -2.41. The first kappa shape index (κ1) is 18.9. The van der Waals surface area contributed by atoms with Crippen LogP contribution in [0.4, 0.5) is 5.69 Å². The zero-order valence-electron chi connectivity index (χ0n) is 15.7. The molecule has 3 rings (SSSR count). The highest BCUT2D eigenvalue weighted by Crippen LogP contribution is 2.31. The molecule has 0 aliphatic carbocycles. The summed E-state index contributed by atoms with van der Waals surface area (Å²) in [7, 11) is 3.99. The summed E-state index contributed by atoms with van der Waals surface area (Å²) in [6.07, 6.45) is 0.245. The number of hydrogen-bond acceptors (Lipinski definition) is 4. The van der Waals surface area contributed by atoms with Gasteiger partial charge in [0.25, 0.3) is 5.91 Å². The van der Waals surface area contributed by atoms with Crippen LogP contribution >= 0.6 is 0 Å². The Morgan fingerprint density at radius 1 is 1.15 bits per heavy atom. The van der Waals surface area contributed by atoms with E-state index in [-0.39, 0.29) is 30.9 Å². The van der Waals surface area contributed by atoms with Crippen LogP contribution in [0.2, 0.25) is 0 Å². The number of nitrogens with one attached hydrogen (secondary N) is 1. The molecular formula is C21H25N3O3. The van der Waals surface area contributed by atoms with Crippen molar-refractivity contribution in [3.05, 3.63) is 60.2 Å². The minimum Gasteiger partial charge on any atom is -0.482 e. The lowest BCUT2D eigenvalue weighted by molar-refractivity contribution is -0.122. The first-order valence-corrected chi connectivity index (χ1v) is 9.06. The van der Waals surface area contributed by atoms with E-state index in [0.29, 0.717) is 18.8 Å². The van der Waals surface area contributed by atoms with Crippen molar-refractivity contribution in [2.24, 2.45) is 0 Å². The fourth-order valence-electron chi connectivity index (χ4n) is 3.19. The fraction of sp³-hybridized carbons (Fsp3) is 0.333. The summed E-state index contributed by atoms with van der Waals surface area (Å²) in [6, 6.07) is 17.6. The number of amides is 2. The molecule has 2 amide bonds. The average Bonchev–Trinajstić information content (AvgIpc) is 2.68. The molecule has 0 spiro atoms. The van der Waals surface area contributed by atoms with Crippen LogP contribution in [0.3, 0.4) is 0 Å². The molecule has 0 fully saturated rings. The van der Waals surface area contributed by atoms with Crippen molar-refractivity contribution in [2.75, 3.05) is 38.7 Å². The Hall–Kier alpha value is -2.86. The van der Waals surface area contributed by atoms with Crippen LogP contribution in [0, 0.1) is 0 Å². The van der Waals surface area contributed by atoms with E-state index in [1.54, 1.807) is 4.90 Å². The van der Waals surface area contributed by atoms with Gasteiger partial charge in [-0.25, -0.2) is 0 Å². The summed E-state index contributed by atoms with van der Waals surface area (Å²) in [6.45, 7) is 0.863. The number of hydrogen-bond donors (Lipinski definition) is 1. The second-order valence-electron chi connectivity index (χ2n) is 6.75. The molecule has 2 aromatic rings. The zero-order chi connectivity index (χ0) is 19.2. The van der Waals surface area contributed by atoms with Crippen LogP contribution in [0.25, 0.3) is 0 Å². The third-order valence-corrected chi connectivity index (χ3v) is 4.67. The van der Waals surface area contributed by atoms with Gasteiger partial charge >= 0.3 is 0 Å². The summed E-state index contributed by atoms with van der Waals surface area (Å²) in [4.78, 5) is 28.2. The molecule has 1 aliphatic rings. The van der Waals surface area contributed by atoms with Crippen LogP contribution in [0.1, 0.15) is 18.0 Å². The molecular weight excluding hydrogens is 342 g/mol. The van der Waals surface area contributed by atoms with Gasteiger partial charge in [-0.1, -0.05) is 42.5 Å². The lowest BCUT2D eigenvalue weighted by Gasteiger charge is -2.29. The number of rotatable bonds is 7. The third-order valence-electron chi connectivity index (χ3n) is 4.67. The van der Waals surface area contributed by atoms with Crippen molar-refractivity contribution in [3.63, 3.8) is 0 Å². The summed E-state index contributed by atoms with van der Waals surface area (Å²) < 4.78 is 5.43. The molecule has 1 unspecified atom stereocenters. The highest BCUT2D eigenvalue weighted by Gasteiger charge is 2.25. The van der Waals surface area contributed by atoms with E-state index < -0.39 is 0 Å². The number of anilines is 1. The molecule has 142 valence electrons. The van der Waals surface area contributed by atoms with Gasteiger partial charge in [-0.05, 0) is 31.8 Å². The molecule has 0 saturated carbocycles. The van der Waals surface area contributed by atoms with Crippen LogP contribution in [-0.2, 0) is 9.59 Å². The van der Waals surface area contributed by atoms with E-state index in [9.17, 15) is 9.59 Å². The van der Waals surface area contributed by atoms with Crippen molar-refractivity contribution in [1.82, 2.24) is 10.2 Å². The molecule has 0 saturated heterocycles. The number of nitrogens with zero attached hydrogens (tertiary/aromatic N) is 2. The van der Waals surface area contributed by atoms with Crippen molar-refractivity contribution >= 4 is 17.5 Å². The van der Waals surface area contributed by atoms with Gasteiger partial charge in [0.2, 0.25) is 5.91 Å². The van der Waals surface area contributed by atoms with Gasteiger partial charge in [-0.15, -0.1) is 0 Å².